The van der Waals surface area contributed by atoms with Crippen molar-refractivity contribution in [2.24, 2.45) is 0 Å². The maximum absolute atomic E-state index is 12.2. The first-order valence-electron chi connectivity index (χ1n) is 8.75. The number of rotatable bonds is 6. The molecule has 0 atom stereocenters. The number of hydrogen-bond acceptors (Lipinski definition) is 7. The maximum atomic E-state index is 12.2. The molecule has 7 nitrogen and oxygen atoms in total. The first-order chi connectivity index (χ1) is 13.1. The lowest BCUT2D eigenvalue weighted by Crippen LogP contribution is -2.38. The first-order valence-corrected chi connectivity index (χ1v) is 9.63. The van der Waals surface area contributed by atoms with Crippen molar-refractivity contribution >= 4 is 23.2 Å². The fourth-order valence-corrected chi connectivity index (χ4v) is 3.69. The fraction of sp³-hybridized carbons (Fsp3) is 0.421. The van der Waals surface area contributed by atoms with E-state index in [4.69, 9.17) is 14.2 Å². The largest absolute Gasteiger partial charge is 0.493 e. The normalized spacial score (nSPS) is 13.9. The summed E-state index contributed by atoms with van der Waals surface area (Å²) >= 11 is 1.32. The number of aromatic nitrogens is 1. The van der Waals surface area contributed by atoms with Crippen molar-refractivity contribution in [1.82, 2.24) is 9.88 Å². The Bertz CT molecular complexity index is 814. The summed E-state index contributed by atoms with van der Waals surface area (Å²) in [7, 11) is 3.13. The molecule has 3 rings (SSSR count). The quantitative estimate of drug-likeness (QED) is 0.706. The molecule has 0 saturated carbocycles. The molecule has 1 saturated heterocycles. The van der Waals surface area contributed by atoms with Gasteiger partial charge in [-0.05, 0) is 37.5 Å². The van der Waals surface area contributed by atoms with E-state index in [-0.39, 0.29) is 18.2 Å². The summed E-state index contributed by atoms with van der Waals surface area (Å²) in [5.41, 5.74) is 0.998. The van der Waals surface area contributed by atoms with Crippen molar-refractivity contribution in [2.45, 2.75) is 19.3 Å². The average Bonchev–Trinajstić information content (AvgIpc) is 3.22. The molecule has 0 bridgehead atoms. The molecule has 0 N–H and O–H groups in total. The molecule has 1 aliphatic rings. The van der Waals surface area contributed by atoms with Crippen molar-refractivity contribution < 1.29 is 23.8 Å². The number of ether oxygens (including phenoxy) is 3. The molecule has 27 heavy (non-hydrogen) atoms. The minimum atomic E-state index is -0.594. The van der Waals surface area contributed by atoms with Crippen LogP contribution in [0.15, 0.2) is 23.6 Å². The van der Waals surface area contributed by atoms with Crippen molar-refractivity contribution in [3.8, 4) is 22.1 Å². The van der Waals surface area contributed by atoms with Crippen LogP contribution in [0.3, 0.4) is 0 Å². The van der Waals surface area contributed by atoms with Crippen LogP contribution in [0, 0.1) is 0 Å². The Morgan fingerprint density at radius 2 is 1.85 bits per heavy atom. The highest BCUT2D eigenvalue weighted by Crippen LogP contribution is 2.33. The molecule has 1 fully saturated rings. The molecule has 2 heterocycles. The third-order valence-corrected chi connectivity index (χ3v) is 5.27. The summed E-state index contributed by atoms with van der Waals surface area (Å²) in [5.74, 6) is 0.455. The summed E-state index contributed by atoms with van der Waals surface area (Å²) in [6.07, 6.45) is 3.14. The summed E-state index contributed by atoms with van der Waals surface area (Å²) < 4.78 is 15.7. The summed E-state index contributed by atoms with van der Waals surface area (Å²) in [6.45, 7) is 1.22. The SMILES string of the molecule is COc1ccc(-c2nc(C(=O)OCC(=O)N3CCCCC3)cs2)cc1OC. The van der Waals surface area contributed by atoms with Crippen LogP contribution < -0.4 is 9.47 Å². The summed E-state index contributed by atoms with van der Waals surface area (Å²) in [5, 5.41) is 2.28. The number of likely N-dealkylation sites (tertiary alicyclic amines) is 1. The molecule has 0 spiro atoms. The van der Waals surface area contributed by atoms with E-state index in [9.17, 15) is 9.59 Å². The Morgan fingerprint density at radius 3 is 2.56 bits per heavy atom. The van der Waals surface area contributed by atoms with E-state index in [0.29, 0.717) is 16.5 Å². The highest BCUT2D eigenvalue weighted by atomic mass is 32.1. The predicted octanol–water partition coefficient (Wildman–Crippen LogP) is 3.00. The van der Waals surface area contributed by atoms with E-state index in [1.807, 2.05) is 6.07 Å². The third-order valence-electron chi connectivity index (χ3n) is 4.38. The maximum Gasteiger partial charge on any atom is 0.358 e. The van der Waals surface area contributed by atoms with Crippen LogP contribution in [0.2, 0.25) is 0 Å². The average molecular weight is 390 g/mol. The lowest BCUT2D eigenvalue weighted by atomic mass is 10.1. The van der Waals surface area contributed by atoms with Gasteiger partial charge in [-0.15, -0.1) is 11.3 Å². The lowest BCUT2D eigenvalue weighted by molar-refractivity contribution is -0.135. The van der Waals surface area contributed by atoms with Crippen molar-refractivity contribution in [3.63, 3.8) is 0 Å². The molecular weight excluding hydrogens is 368 g/mol. The van der Waals surface area contributed by atoms with Gasteiger partial charge in [0.05, 0.1) is 14.2 Å². The van der Waals surface area contributed by atoms with Crippen molar-refractivity contribution in [1.29, 1.82) is 0 Å². The Labute approximate surface area is 161 Å². The molecule has 1 aromatic heterocycles. The van der Waals surface area contributed by atoms with Gasteiger partial charge < -0.3 is 19.1 Å². The monoisotopic (exact) mass is 390 g/mol. The zero-order valence-corrected chi connectivity index (χ0v) is 16.2. The van der Waals surface area contributed by atoms with Crippen LogP contribution in [0.1, 0.15) is 29.8 Å². The van der Waals surface area contributed by atoms with Crippen LogP contribution >= 0.6 is 11.3 Å². The minimum absolute atomic E-state index is 0.154. The number of esters is 1. The Hall–Kier alpha value is -2.61. The summed E-state index contributed by atoms with van der Waals surface area (Å²) in [6, 6.07) is 5.42. The number of nitrogens with zero attached hydrogens (tertiary/aromatic N) is 2. The van der Waals surface area contributed by atoms with E-state index < -0.39 is 5.97 Å². The highest BCUT2D eigenvalue weighted by Gasteiger charge is 2.20. The van der Waals surface area contributed by atoms with E-state index >= 15 is 0 Å². The molecule has 1 aromatic carbocycles. The second kappa shape index (κ2) is 8.85. The van der Waals surface area contributed by atoms with Crippen molar-refractivity contribution in [3.05, 3.63) is 29.3 Å². The number of carbonyl (C=O) groups excluding carboxylic acids is 2. The van der Waals surface area contributed by atoms with Gasteiger partial charge in [-0.1, -0.05) is 0 Å². The van der Waals surface area contributed by atoms with Crippen LogP contribution in [-0.2, 0) is 9.53 Å². The van der Waals surface area contributed by atoms with Gasteiger partial charge in [0.2, 0.25) is 0 Å². The molecule has 1 aliphatic heterocycles. The zero-order valence-electron chi connectivity index (χ0n) is 15.4. The molecule has 0 radical (unpaired) electrons. The molecule has 144 valence electrons. The van der Waals surface area contributed by atoms with Crippen LogP contribution in [-0.4, -0.2) is 55.7 Å². The van der Waals surface area contributed by atoms with E-state index in [1.165, 1.54) is 11.3 Å². The second-order valence-electron chi connectivity index (χ2n) is 6.13. The molecule has 0 aliphatic carbocycles. The number of methoxy groups -OCH3 is 2. The van der Waals surface area contributed by atoms with E-state index in [1.54, 1.807) is 36.6 Å². The van der Waals surface area contributed by atoms with Crippen LogP contribution in [0.4, 0.5) is 0 Å². The minimum Gasteiger partial charge on any atom is -0.493 e. The predicted molar refractivity (Wildman–Crippen MR) is 101 cm³/mol. The summed E-state index contributed by atoms with van der Waals surface area (Å²) in [4.78, 5) is 30.4. The van der Waals surface area contributed by atoms with E-state index in [2.05, 4.69) is 4.98 Å². The topological polar surface area (TPSA) is 78.0 Å². The van der Waals surface area contributed by atoms with Gasteiger partial charge in [-0.3, -0.25) is 4.79 Å². The van der Waals surface area contributed by atoms with Gasteiger partial charge in [-0.2, -0.15) is 0 Å². The van der Waals surface area contributed by atoms with Crippen LogP contribution in [0.5, 0.6) is 11.5 Å². The number of amides is 1. The van der Waals surface area contributed by atoms with Gasteiger partial charge in [0.1, 0.15) is 5.01 Å². The highest BCUT2D eigenvalue weighted by molar-refractivity contribution is 7.13. The standard InChI is InChI=1S/C19H22N2O5S/c1-24-15-7-6-13(10-16(15)25-2)18-20-14(12-27-18)19(23)26-11-17(22)21-8-4-3-5-9-21/h6-7,10,12H,3-5,8-9,11H2,1-2H3. The van der Waals surface area contributed by atoms with Gasteiger partial charge in [0, 0.05) is 24.0 Å². The molecule has 8 heteroatoms. The fourth-order valence-electron chi connectivity index (χ4n) is 2.91. The smallest absolute Gasteiger partial charge is 0.358 e. The molecule has 1 amide bonds. The number of carbonyl (C=O) groups is 2. The zero-order chi connectivity index (χ0) is 19.2. The number of benzene rings is 1. The first kappa shape index (κ1) is 19.2. The van der Waals surface area contributed by atoms with Crippen molar-refractivity contribution in [2.75, 3.05) is 33.9 Å². The van der Waals surface area contributed by atoms with Gasteiger partial charge >= 0.3 is 5.97 Å². The van der Waals surface area contributed by atoms with Crippen LogP contribution in [0.25, 0.3) is 10.6 Å². The molecule has 0 unspecified atom stereocenters. The van der Waals surface area contributed by atoms with E-state index in [0.717, 1.165) is 37.9 Å². The third kappa shape index (κ3) is 4.57. The molecule has 2 aromatic rings. The van der Waals surface area contributed by atoms with Gasteiger partial charge in [0.15, 0.2) is 23.8 Å². The molecular formula is C19H22N2O5S. The lowest BCUT2D eigenvalue weighted by Gasteiger charge is -2.26. The number of piperidine rings is 1. The second-order valence-corrected chi connectivity index (χ2v) is 6.98. The van der Waals surface area contributed by atoms with Gasteiger partial charge in [-0.25, -0.2) is 9.78 Å². The Balaban J connectivity index is 1.63. The Kier molecular flexibility index (Phi) is 6.28. The Morgan fingerprint density at radius 1 is 1.11 bits per heavy atom. The number of hydrogen-bond donors (Lipinski definition) is 0. The number of thiazole rings is 1. The van der Waals surface area contributed by atoms with Gasteiger partial charge in [0.25, 0.3) is 5.91 Å².